The lowest BCUT2D eigenvalue weighted by molar-refractivity contribution is -0.134. The van der Waals surface area contributed by atoms with Gasteiger partial charge in [-0.2, -0.15) is 4.31 Å². The lowest BCUT2D eigenvalue weighted by Crippen LogP contribution is -2.56. The maximum absolute atomic E-state index is 13.5. The molecular formula is C26H27N3O6S. The van der Waals surface area contributed by atoms with Crippen LogP contribution in [-0.2, 0) is 14.8 Å². The van der Waals surface area contributed by atoms with Gasteiger partial charge in [0, 0.05) is 18.2 Å². The Hall–Kier alpha value is -3.73. The summed E-state index contributed by atoms with van der Waals surface area (Å²) in [6, 6.07) is 20.8. The van der Waals surface area contributed by atoms with Gasteiger partial charge in [0.15, 0.2) is 0 Å². The van der Waals surface area contributed by atoms with E-state index in [-0.39, 0.29) is 23.8 Å². The minimum absolute atomic E-state index is 0.000385. The predicted octanol–water partition coefficient (Wildman–Crippen LogP) is 2.82. The number of nitrogens with one attached hydrogen (secondary N) is 2. The van der Waals surface area contributed by atoms with Gasteiger partial charge in [-0.3, -0.25) is 14.8 Å². The molecule has 1 aliphatic heterocycles. The minimum atomic E-state index is -4.05. The predicted molar refractivity (Wildman–Crippen MR) is 133 cm³/mol. The fourth-order valence-electron chi connectivity index (χ4n) is 4.27. The van der Waals surface area contributed by atoms with Crippen LogP contribution in [0.2, 0.25) is 0 Å². The summed E-state index contributed by atoms with van der Waals surface area (Å²) in [4.78, 5) is 25.0. The molecule has 0 unspecified atom stereocenters. The van der Waals surface area contributed by atoms with E-state index in [1.54, 1.807) is 55.1 Å². The fraction of sp³-hybridized carbons (Fsp3) is 0.231. The number of carbonyl (C=O) groups is 2. The smallest absolute Gasteiger partial charge is 0.261 e. The van der Waals surface area contributed by atoms with Crippen LogP contribution in [0.5, 0.6) is 5.75 Å². The number of ether oxygens (including phenoxy) is 1. The highest BCUT2D eigenvalue weighted by atomic mass is 32.2. The van der Waals surface area contributed by atoms with E-state index < -0.39 is 28.0 Å². The zero-order chi connectivity index (χ0) is 25.7. The van der Waals surface area contributed by atoms with Gasteiger partial charge in [-0.05, 0) is 60.4 Å². The Balaban J connectivity index is 1.52. The molecule has 0 radical (unpaired) electrons. The van der Waals surface area contributed by atoms with Crippen molar-refractivity contribution in [3.05, 3.63) is 84.4 Å². The Morgan fingerprint density at radius 1 is 0.944 bits per heavy atom. The molecule has 2 amide bonds. The summed E-state index contributed by atoms with van der Waals surface area (Å²) >= 11 is 0. The number of rotatable bonds is 7. The molecule has 0 bridgehead atoms. The average Bonchev–Trinajstić information content (AvgIpc) is 2.93. The van der Waals surface area contributed by atoms with Crippen LogP contribution in [0.3, 0.4) is 0 Å². The summed E-state index contributed by atoms with van der Waals surface area (Å²) in [5.74, 6) is -0.448. The van der Waals surface area contributed by atoms with Crippen LogP contribution in [0, 0.1) is 0 Å². The van der Waals surface area contributed by atoms with Crippen molar-refractivity contribution in [3.63, 3.8) is 0 Å². The first-order valence-electron chi connectivity index (χ1n) is 11.4. The highest BCUT2D eigenvalue weighted by molar-refractivity contribution is 7.89. The largest absolute Gasteiger partial charge is 0.497 e. The van der Waals surface area contributed by atoms with Crippen molar-refractivity contribution in [3.8, 4) is 16.9 Å². The van der Waals surface area contributed by atoms with E-state index in [9.17, 15) is 23.2 Å². The number of sulfonamides is 1. The molecule has 10 heteroatoms. The molecule has 3 N–H and O–H groups in total. The van der Waals surface area contributed by atoms with Gasteiger partial charge in [0.25, 0.3) is 11.8 Å². The Bertz CT molecular complexity index is 1310. The lowest BCUT2D eigenvalue weighted by atomic mass is 9.98. The van der Waals surface area contributed by atoms with E-state index in [0.717, 1.165) is 21.2 Å². The first-order valence-corrected chi connectivity index (χ1v) is 12.8. The highest BCUT2D eigenvalue weighted by Crippen LogP contribution is 2.29. The molecule has 2 atom stereocenters. The first kappa shape index (κ1) is 25.4. The lowest BCUT2D eigenvalue weighted by Gasteiger charge is -2.37. The number of piperidine rings is 1. The van der Waals surface area contributed by atoms with Crippen LogP contribution >= 0.6 is 0 Å². The summed E-state index contributed by atoms with van der Waals surface area (Å²) in [6.07, 6.45) is 0.338. The van der Waals surface area contributed by atoms with Gasteiger partial charge in [0.1, 0.15) is 11.8 Å². The Morgan fingerprint density at radius 3 is 2.14 bits per heavy atom. The van der Waals surface area contributed by atoms with Gasteiger partial charge in [0.05, 0.1) is 12.0 Å². The number of benzene rings is 3. The summed E-state index contributed by atoms with van der Waals surface area (Å²) in [5.41, 5.74) is 3.75. The Kier molecular flexibility index (Phi) is 7.68. The molecular weight excluding hydrogens is 482 g/mol. The van der Waals surface area contributed by atoms with E-state index in [1.807, 2.05) is 24.3 Å². The second-order valence-corrected chi connectivity index (χ2v) is 10.3. The van der Waals surface area contributed by atoms with Crippen LogP contribution in [0.15, 0.2) is 83.8 Å². The van der Waals surface area contributed by atoms with Crippen molar-refractivity contribution in [1.82, 2.24) is 15.1 Å². The van der Waals surface area contributed by atoms with Gasteiger partial charge in [-0.1, -0.05) is 42.5 Å². The average molecular weight is 510 g/mol. The van der Waals surface area contributed by atoms with Gasteiger partial charge in [0.2, 0.25) is 10.0 Å². The van der Waals surface area contributed by atoms with Crippen LogP contribution in [0.1, 0.15) is 23.2 Å². The monoisotopic (exact) mass is 509 g/mol. The summed E-state index contributed by atoms with van der Waals surface area (Å²) in [7, 11) is -2.47. The van der Waals surface area contributed by atoms with Crippen molar-refractivity contribution in [2.24, 2.45) is 0 Å². The Labute approximate surface area is 209 Å². The molecule has 1 aliphatic rings. The first-order chi connectivity index (χ1) is 17.3. The quantitative estimate of drug-likeness (QED) is 0.332. The van der Waals surface area contributed by atoms with Crippen LogP contribution in [-0.4, -0.2) is 55.5 Å². The van der Waals surface area contributed by atoms with E-state index in [0.29, 0.717) is 12.0 Å². The van der Waals surface area contributed by atoms with Crippen molar-refractivity contribution in [2.45, 2.75) is 29.8 Å². The molecule has 36 heavy (non-hydrogen) atoms. The van der Waals surface area contributed by atoms with Crippen molar-refractivity contribution >= 4 is 21.8 Å². The van der Waals surface area contributed by atoms with E-state index >= 15 is 0 Å². The maximum Gasteiger partial charge on any atom is 0.261 e. The number of carbonyl (C=O) groups excluding carboxylic acids is 2. The van der Waals surface area contributed by atoms with Crippen LogP contribution in [0.4, 0.5) is 0 Å². The molecule has 0 aliphatic carbocycles. The SMILES string of the molecule is COc1ccc(-c2ccc(S(=O)(=O)N3CC[C@@H](NC(=O)c4ccccc4)C[C@@H]3C(=O)NO)cc2)cc1. The molecule has 0 spiro atoms. The maximum atomic E-state index is 13.5. The normalized spacial score (nSPS) is 18.3. The van der Waals surface area contributed by atoms with Crippen LogP contribution < -0.4 is 15.5 Å². The summed E-state index contributed by atoms with van der Waals surface area (Å²) in [5, 5.41) is 12.1. The molecule has 3 aromatic carbocycles. The van der Waals surface area contributed by atoms with Crippen molar-refractivity contribution in [1.29, 1.82) is 0 Å². The van der Waals surface area contributed by atoms with Crippen LogP contribution in [0.25, 0.3) is 11.1 Å². The molecule has 9 nitrogen and oxygen atoms in total. The van der Waals surface area contributed by atoms with E-state index in [1.165, 1.54) is 12.1 Å². The third-order valence-corrected chi connectivity index (χ3v) is 8.14. The van der Waals surface area contributed by atoms with Gasteiger partial charge >= 0.3 is 0 Å². The second kappa shape index (κ2) is 10.9. The molecule has 3 aromatic rings. The van der Waals surface area contributed by atoms with E-state index in [2.05, 4.69) is 5.32 Å². The third kappa shape index (κ3) is 5.40. The number of hydroxylamine groups is 1. The molecule has 4 rings (SSSR count). The fourth-order valence-corrected chi connectivity index (χ4v) is 5.88. The van der Waals surface area contributed by atoms with Crippen molar-refractivity contribution < 1.29 is 28.0 Å². The molecule has 188 valence electrons. The van der Waals surface area contributed by atoms with E-state index in [4.69, 9.17) is 4.74 Å². The molecule has 0 aromatic heterocycles. The summed E-state index contributed by atoms with van der Waals surface area (Å²) < 4.78 is 33.2. The second-order valence-electron chi connectivity index (χ2n) is 8.42. The zero-order valence-corrected chi connectivity index (χ0v) is 20.4. The molecule has 1 heterocycles. The van der Waals surface area contributed by atoms with Crippen molar-refractivity contribution in [2.75, 3.05) is 13.7 Å². The topological polar surface area (TPSA) is 125 Å². The number of hydrogen-bond donors (Lipinski definition) is 3. The third-order valence-electron chi connectivity index (χ3n) is 6.22. The standard InChI is InChI=1S/C26H27N3O6S/c1-35-22-11-7-18(8-12-22)19-9-13-23(14-10-19)36(33,34)29-16-15-21(17-24(29)26(31)28-32)27-25(30)20-5-3-2-4-6-20/h2-14,21,24,32H,15-17H2,1H3,(H,27,30)(H,28,31)/t21-,24-/m1/s1. The van der Waals surface area contributed by atoms with Gasteiger partial charge in [-0.25, -0.2) is 13.9 Å². The zero-order valence-electron chi connectivity index (χ0n) is 19.6. The number of hydrogen-bond acceptors (Lipinski definition) is 6. The molecule has 1 fully saturated rings. The van der Waals surface area contributed by atoms with Gasteiger partial charge < -0.3 is 10.1 Å². The van der Waals surface area contributed by atoms with Gasteiger partial charge in [-0.15, -0.1) is 0 Å². The highest BCUT2D eigenvalue weighted by Gasteiger charge is 2.41. The summed E-state index contributed by atoms with van der Waals surface area (Å²) in [6.45, 7) is 0.000385. The molecule has 0 saturated carbocycles. The number of amides is 2. The Morgan fingerprint density at radius 2 is 1.56 bits per heavy atom. The minimum Gasteiger partial charge on any atom is -0.497 e. The molecule has 1 saturated heterocycles. The number of methoxy groups -OCH3 is 1. The number of nitrogens with zero attached hydrogens (tertiary/aromatic N) is 1.